The average molecular weight is 242 g/mol. The van der Waals surface area contributed by atoms with E-state index in [9.17, 15) is 0 Å². The van der Waals surface area contributed by atoms with E-state index in [4.69, 9.17) is 10.5 Å². The average Bonchev–Trinajstić information content (AvgIpc) is 2.30. The molecule has 2 atom stereocenters. The highest BCUT2D eigenvalue weighted by molar-refractivity contribution is 4.79. The van der Waals surface area contributed by atoms with Crippen molar-refractivity contribution in [3.8, 4) is 0 Å². The SMILES string of the molecule is CCCCOCCN1CCCCC1CC(C)N. The molecule has 0 aromatic heterocycles. The number of nitrogens with two attached hydrogens (primary N) is 1. The van der Waals surface area contributed by atoms with Crippen molar-refractivity contribution in [2.24, 2.45) is 5.73 Å². The maximum atomic E-state index is 5.92. The van der Waals surface area contributed by atoms with Gasteiger partial charge in [-0.25, -0.2) is 0 Å². The van der Waals surface area contributed by atoms with E-state index in [0.29, 0.717) is 12.1 Å². The summed E-state index contributed by atoms with van der Waals surface area (Å²) in [7, 11) is 0. The number of hydrogen-bond acceptors (Lipinski definition) is 3. The minimum Gasteiger partial charge on any atom is -0.380 e. The van der Waals surface area contributed by atoms with Crippen LogP contribution in [-0.4, -0.2) is 43.3 Å². The molecule has 1 heterocycles. The third-order valence-corrected chi connectivity index (χ3v) is 3.56. The number of piperidine rings is 1. The lowest BCUT2D eigenvalue weighted by atomic mass is 9.97. The van der Waals surface area contributed by atoms with Crippen LogP contribution < -0.4 is 5.73 Å². The Morgan fingerprint density at radius 2 is 2.18 bits per heavy atom. The molecule has 0 aromatic carbocycles. The smallest absolute Gasteiger partial charge is 0.0593 e. The molecule has 1 aliphatic heterocycles. The lowest BCUT2D eigenvalue weighted by Crippen LogP contribution is -2.43. The van der Waals surface area contributed by atoms with Gasteiger partial charge in [-0.05, 0) is 39.2 Å². The molecule has 0 saturated carbocycles. The number of ether oxygens (including phenoxy) is 1. The van der Waals surface area contributed by atoms with E-state index in [1.165, 1.54) is 38.6 Å². The van der Waals surface area contributed by atoms with Crippen molar-refractivity contribution in [2.45, 2.75) is 64.5 Å². The van der Waals surface area contributed by atoms with Gasteiger partial charge < -0.3 is 10.5 Å². The summed E-state index contributed by atoms with van der Waals surface area (Å²) in [5, 5.41) is 0. The van der Waals surface area contributed by atoms with Gasteiger partial charge in [0, 0.05) is 25.2 Å². The van der Waals surface area contributed by atoms with Crippen LogP contribution in [-0.2, 0) is 4.74 Å². The van der Waals surface area contributed by atoms with Crippen LogP contribution in [0.4, 0.5) is 0 Å². The first-order valence-electron chi connectivity index (χ1n) is 7.31. The van der Waals surface area contributed by atoms with Gasteiger partial charge >= 0.3 is 0 Å². The summed E-state index contributed by atoms with van der Waals surface area (Å²) in [5.41, 5.74) is 5.92. The molecule has 0 aromatic rings. The Kier molecular flexibility index (Phi) is 7.82. The Bertz CT molecular complexity index is 185. The van der Waals surface area contributed by atoms with Crippen molar-refractivity contribution in [1.82, 2.24) is 4.90 Å². The van der Waals surface area contributed by atoms with Crippen molar-refractivity contribution in [2.75, 3.05) is 26.3 Å². The second kappa shape index (κ2) is 8.90. The summed E-state index contributed by atoms with van der Waals surface area (Å²) in [6.07, 6.45) is 7.56. The second-order valence-electron chi connectivity index (χ2n) is 5.36. The van der Waals surface area contributed by atoms with E-state index in [1.807, 2.05) is 0 Å². The fourth-order valence-corrected chi connectivity index (χ4v) is 2.58. The van der Waals surface area contributed by atoms with E-state index < -0.39 is 0 Å². The molecular formula is C14H30N2O. The summed E-state index contributed by atoms with van der Waals surface area (Å²) in [4.78, 5) is 2.58. The summed E-state index contributed by atoms with van der Waals surface area (Å²) in [6.45, 7) is 8.44. The van der Waals surface area contributed by atoms with Gasteiger partial charge in [-0.15, -0.1) is 0 Å². The molecule has 2 unspecified atom stereocenters. The summed E-state index contributed by atoms with van der Waals surface area (Å²) in [6, 6.07) is 1.01. The van der Waals surface area contributed by atoms with Crippen LogP contribution >= 0.6 is 0 Å². The summed E-state index contributed by atoms with van der Waals surface area (Å²) >= 11 is 0. The molecule has 0 bridgehead atoms. The van der Waals surface area contributed by atoms with Crippen molar-refractivity contribution in [3.63, 3.8) is 0 Å². The molecule has 1 fully saturated rings. The Morgan fingerprint density at radius 3 is 2.88 bits per heavy atom. The third kappa shape index (κ3) is 6.39. The van der Waals surface area contributed by atoms with Gasteiger partial charge in [-0.3, -0.25) is 4.90 Å². The maximum Gasteiger partial charge on any atom is 0.0593 e. The third-order valence-electron chi connectivity index (χ3n) is 3.56. The molecule has 1 aliphatic rings. The van der Waals surface area contributed by atoms with Crippen LogP contribution in [0.5, 0.6) is 0 Å². The van der Waals surface area contributed by atoms with Crippen LogP contribution in [0.15, 0.2) is 0 Å². The highest BCUT2D eigenvalue weighted by Gasteiger charge is 2.22. The highest BCUT2D eigenvalue weighted by atomic mass is 16.5. The quantitative estimate of drug-likeness (QED) is 0.664. The van der Waals surface area contributed by atoms with Crippen molar-refractivity contribution in [1.29, 1.82) is 0 Å². The first-order chi connectivity index (χ1) is 8.24. The molecule has 102 valence electrons. The van der Waals surface area contributed by atoms with E-state index in [1.54, 1.807) is 0 Å². The number of unbranched alkanes of at least 4 members (excludes halogenated alkanes) is 1. The monoisotopic (exact) mass is 242 g/mol. The second-order valence-corrected chi connectivity index (χ2v) is 5.36. The first-order valence-corrected chi connectivity index (χ1v) is 7.31. The van der Waals surface area contributed by atoms with Crippen LogP contribution in [0.3, 0.4) is 0 Å². The van der Waals surface area contributed by atoms with Crippen LogP contribution in [0.1, 0.15) is 52.4 Å². The molecule has 17 heavy (non-hydrogen) atoms. The lowest BCUT2D eigenvalue weighted by Gasteiger charge is -2.36. The van der Waals surface area contributed by atoms with E-state index >= 15 is 0 Å². The van der Waals surface area contributed by atoms with Crippen molar-refractivity contribution < 1.29 is 4.74 Å². The molecule has 0 amide bonds. The van der Waals surface area contributed by atoms with E-state index in [0.717, 1.165) is 26.2 Å². The minimum atomic E-state index is 0.321. The van der Waals surface area contributed by atoms with Gasteiger partial charge in [0.05, 0.1) is 6.61 Å². The number of rotatable bonds is 8. The molecule has 0 aliphatic carbocycles. The number of hydrogen-bond donors (Lipinski definition) is 1. The zero-order chi connectivity index (χ0) is 12.5. The summed E-state index contributed by atoms with van der Waals surface area (Å²) < 4.78 is 5.66. The molecule has 0 spiro atoms. The van der Waals surface area contributed by atoms with Crippen LogP contribution in [0.25, 0.3) is 0 Å². The Balaban J connectivity index is 2.18. The van der Waals surface area contributed by atoms with E-state index in [-0.39, 0.29) is 0 Å². The lowest BCUT2D eigenvalue weighted by molar-refractivity contribution is 0.0662. The molecule has 2 N–H and O–H groups in total. The first kappa shape index (κ1) is 14.9. The Hall–Kier alpha value is -0.120. The van der Waals surface area contributed by atoms with Gasteiger partial charge in [0.2, 0.25) is 0 Å². The molecule has 1 saturated heterocycles. The van der Waals surface area contributed by atoms with Gasteiger partial charge in [0.25, 0.3) is 0 Å². The predicted octanol–water partition coefficient (Wildman–Crippen LogP) is 2.39. The van der Waals surface area contributed by atoms with Gasteiger partial charge in [-0.2, -0.15) is 0 Å². The predicted molar refractivity (Wildman–Crippen MR) is 73.2 cm³/mol. The van der Waals surface area contributed by atoms with Gasteiger partial charge in [0.1, 0.15) is 0 Å². The molecular weight excluding hydrogens is 212 g/mol. The molecule has 1 rings (SSSR count). The minimum absolute atomic E-state index is 0.321. The fourth-order valence-electron chi connectivity index (χ4n) is 2.58. The maximum absolute atomic E-state index is 5.92. The topological polar surface area (TPSA) is 38.5 Å². The molecule has 0 radical (unpaired) electrons. The normalized spacial score (nSPS) is 23.8. The van der Waals surface area contributed by atoms with Crippen molar-refractivity contribution >= 4 is 0 Å². The molecule has 3 nitrogen and oxygen atoms in total. The largest absolute Gasteiger partial charge is 0.380 e. The zero-order valence-corrected chi connectivity index (χ0v) is 11.7. The number of likely N-dealkylation sites (tertiary alicyclic amines) is 1. The number of nitrogens with zero attached hydrogens (tertiary/aromatic N) is 1. The molecule has 3 heteroatoms. The Morgan fingerprint density at radius 1 is 1.35 bits per heavy atom. The van der Waals surface area contributed by atoms with Gasteiger partial charge in [0.15, 0.2) is 0 Å². The van der Waals surface area contributed by atoms with Crippen LogP contribution in [0, 0.1) is 0 Å². The van der Waals surface area contributed by atoms with Crippen molar-refractivity contribution in [3.05, 3.63) is 0 Å². The standard InChI is InChI=1S/C14H30N2O/c1-3-4-10-17-11-9-16-8-6-5-7-14(16)12-13(2)15/h13-14H,3-12,15H2,1-2H3. The highest BCUT2D eigenvalue weighted by Crippen LogP contribution is 2.20. The summed E-state index contributed by atoms with van der Waals surface area (Å²) in [5.74, 6) is 0. The van der Waals surface area contributed by atoms with Crippen LogP contribution in [0.2, 0.25) is 0 Å². The fraction of sp³-hybridized carbons (Fsp3) is 1.00. The Labute approximate surface area is 107 Å². The zero-order valence-electron chi connectivity index (χ0n) is 11.7. The van der Waals surface area contributed by atoms with Gasteiger partial charge in [-0.1, -0.05) is 19.8 Å². The van der Waals surface area contributed by atoms with E-state index in [2.05, 4.69) is 18.7 Å².